The van der Waals surface area contributed by atoms with Crippen molar-refractivity contribution in [2.45, 2.75) is 12.5 Å². The van der Waals surface area contributed by atoms with Crippen LogP contribution in [0, 0.1) is 5.92 Å². The fourth-order valence-electron chi connectivity index (χ4n) is 1.94. The van der Waals surface area contributed by atoms with E-state index >= 15 is 0 Å². The van der Waals surface area contributed by atoms with Crippen molar-refractivity contribution in [1.29, 1.82) is 0 Å². The number of hydrogen-bond donors (Lipinski definition) is 2. The Hall–Kier alpha value is -0.580. The maximum Gasteiger partial charge on any atom is 0.307 e. The van der Waals surface area contributed by atoms with Gasteiger partial charge >= 0.3 is 5.97 Å². The monoisotopic (exact) mass is 303 g/mol. The smallest absolute Gasteiger partial charge is 0.307 e. The molecule has 0 aromatic heterocycles. The standard InChI is InChI=1S/C11H11BrClNO2/c12-9-4-7(13)1-2-8(9)10-3-6(5-14-10)11(15)16/h1-2,4,6,10,14H,3,5H2,(H,15,16). The highest BCUT2D eigenvalue weighted by Gasteiger charge is 2.30. The first kappa shape index (κ1) is 11.9. The number of halogens is 2. The Bertz CT molecular complexity index is 424. The molecule has 3 nitrogen and oxygen atoms in total. The fourth-order valence-corrected chi connectivity index (χ4v) is 2.90. The number of carbonyl (C=O) groups is 1. The predicted octanol–water partition coefficient (Wildman–Crippen LogP) is 2.84. The van der Waals surface area contributed by atoms with Crippen molar-refractivity contribution in [3.05, 3.63) is 33.3 Å². The molecule has 1 aliphatic heterocycles. The molecule has 1 fully saturated rings. The van der Waals surface area contributed by atoms with E-state index in [2.05, 4.69) is 21.2 Å². The van der Waals surface area contributed by atoms with Crippen LogP contribution in [0.2, 0.25) is 5.02 Å². The summed E-state index contributed by atoms with van der Waals surface area (Å²) in [6, 6.07) is 5.66. The lowest BCUT2D eigenvalue weighted by atomic mass is 10.0. The molecule has 1 aromatic rings. The van der Waals surface area contributed by atoms with E-state index in [1.54, 1.807) is 0 Å². The molecule has 0 spiro atoms. The highest BCUT2D eigenvalue weighted by Crippen LogP contribution is 2.33. The number of carboxylic acid groups (broad SMARTS) is 1. The Morgan fingerprint density at radius 1 is 1.56 bits per heavy atom. The van der Waals surface area contributed by atoms with Gasteiger partial charge in [0.25, 0.3) is 0 Å². The Morgan fingerprint density at radius 3 is 2.88 bits per heavy atom. The summed E-state index contributed by atoms with van der Waals surface area (Å²) in [4.78, 5) is 10.8. The fraction of sp³-hybridized carbons (Fsp3) is 0.364. The van der Waals surface area contributed by atoms with Crippen LogP contribution in [0.4, 0.5) is 0 Å². The maximum absolute atomic E-state index is 10.8. The number of rotatable bonds is 2. The van der Waals surface area contributed by atoms with Crippen molar-refractivity contribution in [1.82, 2.24) is 5.32 Å². The van der Waals surface area contributed by atoms with Crippen molar-refractivity contribution < 1.29 is 9.90 Å². The molecule has 86 valence electrons. The molecule has 1 saturated heterocycles. The summed E-state index contributed by atoms with van der Waals surface area (Å²) in [7, 11) is 0. The van der Waals surface area contributed by atoms with E-state index in [9.17, 15) is 4.79 Å². The van der Waals surface area contributed by atoms with Crippen molar-refractivity contribution >= 4 is 33.5 Å². The van der Waals surface area contributed by atoms with Crippen molar-refractivity contribution in [2.24, 2.45) is 5.92 Å². The van der Waals surface area contributed by atoms with Gasteiger partial charge in [-0.25, -0.2) is 0 Å². The zero-order valence-corrected chi connectivity index (χ0v) is 10.8. The zero-order chi connectivity index (χ0) is 11.7. The number of hydrogen-bond acceptors (Lipinski definition) is 2. The molecular formula is C11H11BrClNO2. The lowest BCUT2D eigenvalue weighted by Crippen LogP contribution is -2.17. The maximum atomic E-state index is 10.8. The van der Waals surface area contributed by atoms with Crippen molar-refractivity contribution in [3.8, 4) is 0 Å². The largest absolute Gasteiger partial charge is 0.481 e. The molecule has 2 atom stereocenters. The van der Waals surface area contributed by atoms with Gasteiger partial charge in [-0.1, -0.05) is 33.6 Å². The Kier molecular flexibility index (Phi) is 3.52. The molecule has 0 bridgehead atoms. The van der Waals surface area contributed by atoms with Gasteiger partial charge in [-0.2, -0.15) is 0 Å². The summed E-state index contributed by atoms with van der Waals surface area (Å²) >= 11 is 9.30. The molecule has 1 aliphatic rings. The van der Waals surface area contributed by atoms with Gasteiger partial charge < -0.3 is 10.4 Å². The summed E-state index contributed by atoms with van der Waals surface area (Å²) in [6.45, 7) is 0.523. The highest BCUT2D eigenvalue weighted by atomic mass is 79.9. The second kappa shape index (κ2) is 4.73. The van der Waals surface area contributed by atoms with Crippen molar-refractivity contribution in [2.75, 3.05) is 6.54 Å². The third kappa shape index (κ3) is 2.39. The number of nitrogens with one attached hydrogen (secondary N) is 1. The van der Waals surface area contributed by atoms with Gasteiger partial charge in [-0.05, 0) is 24.1 Å². The Balaban J connectivity index is 2.17. The van der Waals surface area contributed by atoms with Gasteiger partial charge in [0, 0.05) is 22.1 Å². The minimum Gasteiger partial charge on any atom is -0.481 e. The topological polar surface area (TPSA) is 49.3 Å². The first-order valence-corrected chi connectivity index (χ1v) is 6.16. The van der Waals surface area contributed by atoms with E-state index in [0.717, 1.165) is 10.0 Å². The number of carboxylic acids is 1. The molecule has 0 aliphatic carbocycles. The van der Waals surface area contributed by atoms with Crippen LogP contribution in [0.25, 0.3) is 0 Å². The van der Waals surface area contributed by atoms with Crippen LogP contribution >= 0.6 is 27.5 Å². The minimum absolute atomic E-state index is 0.0905. The van der Waals surface area contributed by atoms with E-state index in [1.807, 2.05) is 18.2 Å². The average molecular weight is 305 g/mol. The molecule has 1 aromatic carbocycles. The summed E-state index contributed by atoms with van der Waals surface area (Å²) in [5.74, 6) is -1.03. The van der Waals surface area contributed by atoms with Crippen LogP contribution in [0.5, 0.6) is 0 Å². The molecule has 2 rings (SSSR count). The van der Waals surface area contributed by atoms with Gasteiger partial charge in [-0.3, -0.25) is 4.79 Å². The molecule has 2 unspecified atom stereocenters. The second-order valence-electron chi connectivity index (χ2n) is 3.90. The summed E-state index contributed by atoms with van der Waals surface area (Å²) in [5, 5.41) is 12.8. The Labute approximate surface area is 107 Å². The quantitative estimate of drug-likeness (QED) is 0.883. The van der Waals surface area contributed by atoms with Gasteiger partial charge in [0.2, 0.25) is 0 Å². The molecule has 2 N–H and O–H groups in total. The highest BCUT2D eigenvalue weighted by molar-refractivity contribution is 9.10. The van der Waals surface area contributed by atoms with Crippen LogP contribution < -0.4 is 5.32 Å². The van der Waals surface area contributed by atoms with Gasteiger partial charge in [0.15, 0.2) is 0 Å². The second-order valence-corrected chi connectivity index (χ2v) is 5.19. The molecule has 0 radical (unpaired) electrons. The predicted molar refractivity (Wildman–Crippen MR) is 65.6 cm³/mol. The third-order valence-electron chi connectivity index (χ3n) is 2.82. The van der Waals surface area contributed by atoms with Gasteiger partial charge in [-0.15, -0.1) is 0 Å². The van der Waals surface area contributed by atoms with E-state index < -0.39 is 5.97 Å². The van der Waals surface area contributed by atoms with E-state index in [4.69, 9.17) is 16.7 Å². The van der Waals surface area contributed by atoms with E-state index in [1.165, 1.54) is 0 Å². The lowest BCUT2D eigenvalue weighted by molar-refractivity contribution is -0.141. The van der Waals surface area contributed by atoms with E-state index in [0.29, 0.717) is 18.0 Å². The first-order chi connectivity index (χ1) is 7.58. The van der Waals surface area contributed by atoms with E-state index in [-0.39, 0.29) is 12.0 Å². The minimum atomic E-state index is -0.736. The molecule has 0 saturated carbocycles. The van der Waals surface area contributed by atoms with Gasteiger partial charge in [0.05, 0.1) is 5.92 Å². The number of aliphatic carboxylic acids is 1. The van der Waals surface area contributed by atoms with Crippen LogP contribution in [-0.2, 0) is 4.79 Å². The zero-order valence-electron chi connectivity index (χ0n) is 8.41. The molecule has 16 heavy (non-hydrogen) atoms. The normalized spacial score (nSPS) is 24.6. The van der Waals surface area contributed by atoms with Crippen LogP contribution in [0.3, 0.4) is 0 Å². The van der Waals surface area contributed by atoms with Crippen LogP contribution in [0.1, 0.15) is 18.0 Å². The molecular weight excluding hydrogens is 293 g/mol. The molecule has 0 amide bonds. The molecule has 1 heterocycles. The summed E-state index contributed by atoms with van der Waals surface area (Å²) in [5.41, 5.74) is 1.06. The van der Waals surface area contributed by atoms with Crippen molar-refractivity contribution in [3.63, 3.8) is 0 Å². The average Bonchev–Trinajstić information content (AvgIpc) is 2.66. The third-order valence-corrected chi connectivity index (χ3v) is 3.74. The number of benzene rings is 1. The lowest BCUT2D eigenvalue weighted by Gasteiger charge is -2.12. The van der Waals surface area contributed by atoms with Gasteiger partial charge in [0.1, 0.15) is 0 Å². The van der Waals surface area contributed by atoms with Crippen LogP contribution in [-0.4, -0.2) is 17.6 Å². The molecule has 5 heteroatoms. The Morgan fingerprint density at radius 2 is 2.31 bits per heavy atom. The first-order valence-electron chi connectivity index (χ1n) is 4.99. The SMILES string of the molecule is O=C(O)C1CNC(c2ccc(Cl)cc2Br)C1. The summed E-state index contributed by atoms with van der Waals surface area (Å²) in [6.07, 6.45) is 0.621. The summed E-state index contributed by atoms with van der Waals surface area (Å²) < 4.78 is 0.920. The van der Waals surface area contributed by atoms with Crippen LogP contribution in [0.15, 0.2) is 22.7 Å².